The zero-order valence-electron chi connectivity index (χ0n) is 15.5. The summed E-state index contributed by atoms with van der Waals surface area (Å²) in [7, 11) is 0. The van der Waals surface area contributed by atoms with Crippen LogP contribution >= 0.6 is 11.8 Å². The van der Waals surface area contributed by atoms with Gasteiger partial charge in [-0.1, -0.05) is 37.7 Å². The highest BCUT2D eigenvalue weighted by Gasteiger charge is 2.25. The van der Waals surface area contributed by atoms with Gasteiger partial charge in [0.25, 0.3) is 0 Å². The second kappa shape index (κ2) is 7.55. The molecule has 0 bridgehead atoms. The van der Waals surface area contributed by atoms with Crippen molar-refractivity contribution < 1.29 is 13.7 Å². The standard InChI is InChI=1S/C17H21FN6O2S/c1-10(14-20-15(23-26-14)17(2,3)4)27-16-22-21-13(24(16)19)9-25-12-7-5-11(18)6-8-12/h5-8,10H,9,19H2,1-4H3. The maximum absolute atomic E-state index is 12.9. The molecule has 3 rings (SSSR count). The Morgan fingerprint density at radius 2 is 1.96 bits per heavy atom. The molecular formula is C17H21FN6O2S. The lowest BCUT2D eigenvalue weighted by atomic mass is 9.96. The molecule has 10 heteroatoms. The highest BCUT2D eigenvalue weighted by Crippen LogP contribution is 2.33. The van der Waals surface area contributed by atoms with Crippen molar-refractivity contribution in [2.45, 2.75) is 50.1 Å². The van der Waals surface area contributed by atoms with E-state index in [0.29, 0.717) is 28.4 Å². The number of hydrogen-bond acceptors (Lipinski definition) is 8. The van der Waals surface area contributed by atoms with Gasteiger partial charge in [-0.25, -0.2) is 9.07 Å². The van der Waals surface area contributed by atoms with E-state index < -0.39 is 0 Å². The van der Waals surface area contributed by atoms with Crippen LogP contribution in [0.15, 0.2) is 33.9 Å². The molecule has 144 valence electrons. The van der Waals surface area contributed by atoms with Crippen molar-refractivity contribution in [2.24, 2.45) is 0 Å². The normalized spacial score (nSPS) is 12.9. The fourth-order valence-corrected chi connectivity index (χ4v) is 2.90. The monoisotopic (exact) mass is 392 g/mol. The fraction of sp³-hybridized carbons (Fsp3) is 0.412. The van der Waals surface area contributed by atoms with Crippen molar-refractivity contribution in [3.8, 4) is 5.75 Å². The van der Waals surface area contributed by atoms with Gasteiger partial charge in [0.1, 0.15) is 18.2 Å². The number of aromatic nitrogens is 5. The van der Waals surface area contributed by atoms with Crippen molar-refractivity contribution >= 4 is 11.8 Å². The van der Waals surface area contributed by atoms with E-state index in [9.17, 15) is 4.39 Å². The summed E-state index contributed by atoms with van der Waals surface area (Å²) in [6, 6.07) is 5.71. The molecule has 0 fully saturated rings. The first kappa shape index (κ1) is 19.2. The molecule has 8 nitrogen and oxygen atoms in total. The Balaban J connectivity index is 1.64. The summed E-state index contributed by atoms with van der Waals surface area (Å²) in [6.45, 7) is 8.09. The van der Waals surface area contributed by atoms with Crippen LogP contribution in [0.25, 0.3) is 0 Å². The number of halogens is 1. The molecule has 27 heavy (non-hydrogen) atoms. The molecule has 0 amide bonds. The molecule has 0 spiro atoms. The smallest absolute Gasteiger partial charge is 0.239 e. The fourth-order valence-electron chi connectivity index (χ4n) is 2.08. The van der Waals surface area contributed by atoms with Crippen molar-refractivity contribution in [3.63, 3.8) is 0 Å². The zero-order valence-corrected chi connectivity index (χ0v) is 16.3. The number of hydrogen-bond donors (Lipinski definition) is 1. The minimum atomic E-state index is -0.326. The Hall–Kier alpha value is -2.62. The zero-order chi connectivity index (χ0) is 19.6. The maximum atomic E-state index is 12.9. The van der Waals surface area contributed by atoms with Crippen molar-refractivity contribution in [2.75, 3.05) is 5.84 Å². The summed E-state index contributed by atoms with van der Waals surface area (Å²) in [6.07, 6.45) is 0. The average molecular weight is 392 g/mol. The lowest BCUT2D eigenvalue weighted by Gasteiger charge is -2.11. The largest absolute Gasteiger partial charge is 0.486 e. The Morgan fingerprint density at radius 3 is 2.59 bits per heavy atom. The summed E-state index contributed by atoms with van der Waals surface area (Å²) in [4.78, 5) is 4.44. The predicted octanol–water partition coefficient (Wildman–Crippen LogP) is 3.24. The van der Waals surface area contributed by atoms with Crippen LogP contribution in [-0.4, -0.2) is 25.0 Å². The number of thioether (sulfide) groups is 1. The summed E-state index contributed by atoms with van der Waals surface area (Å²) in [5.74, 6) is 7.83. The summed E-state index contributed by atoms with van der Waals surface area (Å²) in [5.41, 5.74) is -0.190. The van der Waals surface area contributed by atoms with E-state index in [4.69, 9.17) is 15.1 Å². The van der Waals surface area contributed by atoms with Gasteiger partial charge in [-0.15, -0.1) is 10.2 Å². The van der Waals surface area contributed by atoms with Crippen LogP contribution in [0.4, 0.5) is 4.39 Å². The maximum Gasteiger partial charge on any atom is 0.239 e. The topological polar surface area (TPSA) is 105 Å². The van der Waals surface area contributed by atoms with E-state index in [2.05, 4.69) is 20.3 Å². The highest BCUT2D eigenvalue weighted by atomic mass is 32.2. The molecule has 2 aromatic heterocycles. The van der Waals surface area contributed by atoms with Crippen molar-refractivity contribution in [1.82, 2.24) is 25.0 Å². The molecule has 3 aromatic rings. The van der Waals surface area contributed by atoms with Crippen LogP contribution in [0, 0.1) is 5.82 Å². The molecule has 0 aliphatic heterocycles. The van der Waals surface area contributed by atoms with Gasteiger partial charge in [0, 0.05) is 5.41 Å². The molecule has 1 unspecified atom stereocenters. The quantitative estimate of drug-likeness (QED) is 0.503. The molecule has 0 radical (unpaired) electrons. The Labute approximate surface area is 160 Å². The van der Waals surface area contributed by atoms with Gasteiger partial charge < -0.3 is 15.1 Å². The number of ether oxygens (including phenoxy) is 1. The molecule has 2 N–H and O–H groups in total. The molecule has 1 aromatic carbocycles. The second-order valence-electron chi connectivity index (χ2n) is 6.98. The number of nitrogen functional groups attached to an aromatic ring is 1. The van der Waals surface area contributed by atoms with E-state index >= 15 is 0 Å². The Kier molecular flexibility index (Phi) is 5.36. The summed E-state index contributed by atoms with van der Waals surface area (Å²) in [5, 5.41) is 12.5. The minimum Gasteiger partial charge on any atom is -0.486 e. The van der Waals surface area contributed by atoms with Crippen molar-refractivity contribution in [1.29, 1.82) is 0 Å². The van der Waals surface area contributed by atoms with Gasteiger partial charge in [-0.2, -0.15) is 4.98 Å². The molecule has 0 saturated heterocycles. The lowest BCUT2D eigenvalue weighted by molar-refractivity contribution is 0.291. The van der Waals surface area contributed by atoms with Gasteiger partial charge in [0.05, 0.1) is 5.25 Å². The van der Waals surface area contributed by atoms with Crippen molar-refractivity contribution in [3.05, 3.63) is 47.6 Å². The number of nitrogens with two attached hydrogens (primary N) is 1. The molecule has 0 aliphatic rings. The van der Waals surface area contributed by atoms with Gasteiger partial charge in [-0.05, 0) is 31.2 Å². The first-order valence-corrected chi connectivity index (χ1v) is 9.20. The van der Waals surface area contributed by atoms with Gasteiger partial charge in [0.2, 0.25) is 11.0 Å². The lowest BCUT2D eigenvalue weighted by Crippen LogP contribution is -2.16. The Morgan fingerprint density at radius 1 is 1.26 bits per heavy atom. The third kappa shape index (κ3) is 4.57. The summed E-state index contributed by atoms with van der Waals surface area (Å²) >= 11 is 1.35. The number of rotatable bonds is 6. The molecule has 0 saturated carbocycles. The van der Waals surface area contributed by atoms with Gasteiger partial charge in [-0.3, -0.25) is 0 Å². The molecule has 2 heterocycles. The van der Waals surface area contributed by atoms with Gasteiger partial charge in [0.15, 0.2) is 11.6 Å². The highest BCUT2D eigenvalue weighted by molar-refractivity contribution is 7.99. The SMILES string of the molecule is CC(Sc1nnc(COc2ccc(F)cc2)n1N)c1nc(C(C)(C)C)no1. The third-order valence-corrected chi connectivity index (χ3v) is 4.70. The molecular weight excluding hydrogens is 371 g/mol. The van der Waals surface area contributed by atoms with E-state index in [0.717, 1.165) is 0 Å². The number of nitrogens with zero attached hydrogens (tertiary/aromatic N) is 5. The number of benzene rings is 1. The third-order valence-electron chi connectivity index (χ3n) is 3.66. The van der Waals surface area contributed by atoms with Crippen LogP contribution in [0.2, 0.25) is 0 Å². The van der Waals surface area contributed by atoms with Gasteiger partial charge >= 0.3 is 0 Å². The van der Waals surface area contributed by atoms with E-state index in [1.54, 1.807) is 0 Å². The first-order chi connectivity index (χ1) is 12.7. The average Bonchev–Trinajstić information content (AvgIpc) is 3.23. The molecule has 0 aliphatic carbocycles. The van der Waals surface area contributed by atoms with Crippen LogP contribution in [-0.2, 0) is 12.0 Å². The second-order valence-corrected chi connectivity index (χ2v) is 8.29. The predicted molar refractivity (Wildman–Crippen MR) is 98.2 cm³/mol. The van der Waals surface area contributed by atoms with E-state index in [1.165, 1.54) is 40.7 Å². The first-order valence-electron chi connectivity index (χ1n) is 8.32. The minimum absolute atomic E-state index is 0.110. The van der Waals surface area contributed by atoms with E-state index in [1.807, 2.05) is 27.7 Å². The van der Waals surface area contributed by atoms with Crippen LogP contribution in [0.5, 0.6) is 5.75 Å². The van der Waals surface area contributed by atoms with Crippen LogP contribution < -0.4 is 10.6 Å². The molecule has 1 atom stereocenters. The Bertz CT molecular complexity index is 903. The van der Waals surface area contributed by atoms with Crippen LogP contribution in [0.1, 0.15) is 50.5 Å². The van der Waals surface area contributed by atoms with Crippen LogP contribution in [0.3, 0.4) is 0 Å². The summed E-state index contributed by atoms with van der Waals surface area (Å²) < 4.78 is 25.2. The van der Waals surface area contributed by atoms with E-state index in [-0.39, 0.29) is 23.1 Å².